The molecule has 6 heteroatoms. The van der Waals surface area contributed by atoms with Crippen LogP contribution in [0.3, 0.4) is 0 Å². The zero-order chi connectivity index (χ0) is 16.0. The Bertz CT molecular complexity index is 838. The van der Waals surface area contributed by atoms with Gasteiger partial charge in [-0.2, -0.15) is 10.2 Å². The molecule has 4 rings (SSSR count). The minimum Gasteiger partial charge on any atom is -0.306 e. The number of piperidine rings is 1. The van der Waals surface area contributed by atoms with Crippen LogP contribution in [-0.2, 0) is 7.05 Å². The molecular formula is C17H22N6. The van der Waals surface area contributed by atoms with Crippen molar-refractivity contribution in [1.82, 2.24) is 29.4 Å². The summed E-state index contributed by atoms with van der Waals surface area (Å²) >= 11 is 0. The van der Waals surface area contributed by atoms with E-state index in [9.17, 15) is 0 Å². The lowest BCUT2D eigenvalue weighted by Gasteiger charge is -2.29. The van der Waals surface area contributed by atoms with Gasteiger partial charge in [0.1, 0.15) is 11.4 Å². The normalized spacial score (nSPS) is 17.2. The van der Waals surface area contributed by atoms with E-state index in [1.54, 1.807) is 6.20 Å². The molecule has 120 valence electrons. The SMILES string of the molecule is Cc1cn(C2CCN(C)CC2)nc1-c1nn(C)c2ncccc12. The van der Waals surface area contributed by atoms with Crippen molar-refractivity contribution in [1.29, 1.82) is 0 Å². The number of fused-ring (bicyclic) bond motifs is 1. The topological polar surface area (TPSA) is 51.8 Å². The molecule has 0 saturated carbocycles. The standard InChI is InChI=1S/C17H22N6/c1-12-11-23(13-6-9-21(2)10-7-13)20-15(12)16-14-5-4-8-18-17(14)22(3)19-16/h4-5,8,11,13H,6-7,9-10H2,1-3H3. The smallest absolute Gasteiger partial charge is 0.158 e. The minimum atomic E-state index is 0.492. The van der Waals surface area contributed by atoms with Gasteiger partial charge in [0, 0.05) is 24.8 Å². The molecule has 0 radical (unpaired) electrons. The third kappa shape index (κ3) is 2.43. The van der Waals surface area contributed by atoms with Crippen LogP contribution in [0, 0.1) is 6.92 Å². The van der Waals surface area contributed by atoms with E-state index in [0.29, 0.717) is 6.04 Å². The van der Waals surface area contributed by atoms with Gasteiger partial charge >= 0.3 is 0 Å². The Morgan fingerprint density at radius 3 is 2.65 bits per heavy atom. The molecular weight excluding hydrogens is 288 g/mol. The number of pyridine rings is 1. The molecule has 3 aromatic rings. The van der Waals surface area contributed by atoms with Crippen LogP contribution in [-0.4, -0.2) is 49.6 Å². The fraction of sp³-hybridized carbons (Fsp3) is 0.471. The number of nitrogens with zero attached hydrogens (tertiary/aromatic N) is 6. The second kappa shape index (κ2) is 5.45. The van der Waals surface area contributed by atoms with Crippen LogP contribution < -0.4 is 0 Å². The Morgan fingerprint density at radius 2 is 1.87 bits per heavy atom. The van der Waals surface area contributed by atoms with Crippen LogP contribution in [0.2, 0.25) is 0 Å². The van der Waals surface area contributed by atoms with Crippen molar-refractivity contribution in [2.45, 2.75) is 25.8 Å². The van der Waals surface area contributed by atoms with Gasteiger partial charge in [0.05, 0.1) is 6.04 Å². The summed E-state index contributed by atoms with van der Waals surface area (Å²) in [5.41, 5.74) is 3.98. The highest BCUT2D eigenvalue weighted by molar-refractivity contribution is 5.90. The largest absolute Gasteiger partial charge is 0.306 e. The van der Waals surface area contributed by atoms with E-state index in [2.05, 4.69) is 45.9 Å². The summed E-state index contributed by atoms with van der Waals surface area (Å²) in [6.07, 6.45) is 6.28. The Kier molecular flexibility index (Phi) is 3.41. The number of hydrogen-bond donors (Lipinski definition) is 0. The third-order valence-corrected chi connectivity index (χ3v) is 4.80. The molecule has 3 aromatic heterocycles. The summed E-state index contributed by atoms with van der Waals surface area (Å²) in [7, 11) is 4.12. The number of aryl methyl sites for hydroxylation is 2. The third-order valence-electron chi connectivity index (χ3n) is 4.80. The first kappa shape index (κ1) is 14.4. The molecule has 0 aromatic carbocycles. The van der Waals surface area contributed by atoms with Crippen LogP contribution in [0.1, 0.15) is 24.4 Å². The van der Waals surface area contributed by atoms with E-state index in [0.717, 1.165) is 48.4 Å². The predicted molar refractivity (Wildman–Crippen MR) is 90.2 cm³/mol. The van der Waals surface area contributed by atoms with Crippen molar-refractivity contribution in [3.63, 3.8) is 0 Å². The lowest BCUT2D eigenvalue weighted by molar-refractivity contribution is 0.212. The molecule has 0 N–H and O–H groups in total. The molecule has 23 heavy (non-hydrogen) atoms. The average molecular weight is 310 g/mol. The molecule has 0 unspecified atom stereocenters. The predicted octanol–water partition coefficient (Wildman–Crippen LogP) is 2.41. The van der Waals surface area contributed by atoms with Crippen molar-refractivity contribution in [3.05, 3.63) is 30.1 Å². The van der Waals surface area contributed by atoms with Crippen molar-refractivity contribution in [2.24, 2.45) is 7.05 Å². The molecule has 1 aliphatic heterocycles. The first-order valence-corrected chi connectivity index (χ1v) is 8.16. The highest BCUT2D eigenvalue weighted by Gasteiger charge is 2.22. The second-order valence-electron chi connectivity index (χ2n) is 6.52. The van der Waals surface area contributed by atoms with Crippen molar-refractivity contribution in [3.8, 4) is 11.4 Å². The van der Waals surface area contributed by atoms with Gasteiger partial charge < -0.3 is 4.90 Å². The maximum Gasteiger partial charge on any atom is 0.158 e. The summed E-state index contributed by atoms with van der Waals surface area (Å²) < 4.78 is 3.98. The van der Waals surface area contributed by atoms with Gasteiger partial charge in [-0.3, -0.25) is 4.68 Å². The fourth-order valence-corrected chi connectivity index (χ4v) is 3.43. The van der Waals surface area contributed by atoms with Gasteiger partial charge in [-0.25, -0.2) is 9.67 Å². The monoisotopic (exact) mass is 310 g/mol. The number of rotatable bonds is 2. The number of aromatic nitrogens is 5. The van der Waals surface area contributed by atoms with Gasteiger partial charge in [0.2, 0.25) is 0 Å². The maximum atomic E-state index is 4.89. The second-order valence-corrected chi connectivity index (χ2v) is 6.52. The van der Waals surface area contributed by atoms with Gasteiger partial charge in [-0.1, -0.05) is 0 Å². The summed E-state index contributed by atoms with van der Waals surface area (Å²) in [4.78, 5) is 6.80. The van der Waals surface area contributed by atoms with E-state index in [4.69, 9.17) is 5.10 Å². The molecule has 1 fully saturated rings. The Balaban J connectivity index is 1.74. The molecule has 0 spiro atoms. The molecule has 6 nitrogen and oxygen atoms in total. The molecule has 1 saturated heterocycles. The zero-order valence-electron chi connectivity index (χ0n) is 13.9. The van der Waals surface area contributed by atoms with Gasteiger partial charge in [0.25, 0.3) is 0 Å². The van der Waals surface area contributed by atoms with E-state index in [-0.39, 0.29) is 0 Å². The van der Waals surface area contributed by atoms with E-state index in [1.165, 1.54) is 5.56 Å². The van der Waals surface area contributed by atoms with E-state index < -0.39 is 0 Å². The Hall–Kier alpha value is -2.21. The molecule has 4 heterocycles. The Morgan fingerprint density at radius 1 is 1.09 bits per heavy atom. The molecule has 0 atom stereocenters. The Labute approximate surface area is 135 Å². The quantitative estimate of drug-likeness (QED) is 0.729. The van der Waals surface area contributed by atoms with Crippen LogP contribution >= 0.6 is 0 Å². The zero-order valence-corrected chi connectivity index (χ0v) is 13.9. The molecule has 0 amide bonds. The highest BCUT2D eigenvalue weighted by Crippen LogP contribution is 2.30. The average Bonchev–Trinajstić information content (AvgIpc) is 3.09. The first-order chi connectivity index (χ1) is 11.1. The van der Waals surface area contributed by atoms with Gasteiger partial charge in [-0.15, -0.1) is 0 Å². The van der Waals surface area contributed by atoms with Gasteiger partial charge in [-0.05, 0) is 57.6 Å². The van der Waals surface area contributed by atoms with Gasteiger partial charge in [0.15, 0.2) is 5.65 Å². The summed E-state index contributed by atoms with van der Waals surface area (Å²) in [5.74, 6) is 0. The van der Waals surface area contributed by atoms with Crippen molar-refractivity contribution < 1.29 is 0 Å². The first-order valence-electron chi connectivity index (χ1n) is 8.16. The number of likely N-dealkylation sites (tertiary alicyclic amines) is 1. The van der Waals surface area contributed by atoms with Crippen LogP contribution in [0.15, 0.2) is 24.5 Å². The number of hydrogen-bond acceptors (Lipinski definition) is 4. The fourth-order valence-electron chi connectivity index (χ4n) is 3.43. The highest BCUT2D eigenvalue weighted by atomic mass is 15.3. The minimum absolute atomic E-state index is 0.492. The van der Waals surface area contributed by atoms with Crippen LogP contribution in [0.25, 0.3) is 22.4 Å². The summed E-state index contributed by atoms with van der Waals surface area (Å²) in [5, 5.41) is 10.6. The molecule has 0 aliphatic carbocycles. The summed E-state index contributed by atoms with van der Waals surface area (Å²) in [6.45, 7) is 4.38. The molecule has 0 bridgehead atoms. The van der Waals surface area contributed by atoms with Crippen molar-refractivity contribution >= 4 is 11.0 Å². The lowest BCUT2D eigenvalue weighted by Crippen LogP contribution is -2.31. The van der Waals surface area contributed by atoms with Crippen molar-refractivity contribution in [2.75, 3.05) is 20.1 Å². The van der Waals surface area contributed by atoms with Crippen LogP contribution in [0.5, 0.6) is 0 Å². The maximum absolute atomic E-state index is 4.89. The lowest BCUT2D eigenvalue weighted by atomic mass is 10.1. The van der Waals surface area contributed by atoms with E-state index >= 15 is 0 Å². The molecule has 1 aliphatic rings. The summed E-state index contributed by atoms with van der Waals surface area (Å²) in [6, 6.07) is 4.52. The van der Waals surface area contributed by atoms with Crippen LogP contribution in [0.4, 0.5) is 0 Å². The van der Waals surface area contributed by atoms with E-state index in [1.807, 2.05) is 17.8 Å².